The fourth-order valence-corrected chi connectivity index (χ4v) is 8.03. The fraction of sp³-hybridized carbons (Fsp3) is 0.405. The number of rotatable bonds is 7. The zero-order valence-corrected chi connectivity index (χ0v) is 26.8. The Morgan fingerprint density at radius 2 is 1.66 bits per heavy atom. The van der Waals surface area contributed by atoms with E-state index in [1.807, 2.05) is 24.9 Å². The van der Waals surface area contributed by atoms with Crippen molar-refractivity contribution in [2.24, 2.45) is 17.8 Å². The highest BCUT2D eigenvalue weighted by Crippen LogP contribution is 2.53. The number of ether oxygens (including phenoxy) is 1. The number of fused-ring (bicyclic) bond motifs is 4. The number of hydrogen-bond acceptors (Lipinski definition) is 6. The third kappa shape index (κ3) is 4.97. The van der Waals surface area contributed by atoms with Gasteiger partial charge in [-0.3, -0.25) is 4.79 Å². The minimum atomic E-state index is -0.650. The number of nitrogens with one attached hydrogen (secondary N) is 4. The van der Waals surface area contributed by atoms with Crippen LogP contribution in [-0.2, 0) is 9.53 Å². The van der Waals surface area contributed by atoms with Crippen molar-refractivity contribution in [2.75, 3.05) is 7.11 Å². The quantitative estimate of drug-likeness (QED) is 0.169. The van der Waals surface area contributed by atoms with Crippen LogP contribution in [0.2, 0.25) is 0 Å². The molecule has 10 heteroatoms. The molecule has 4 N–H and O–H groups in total. The van der Waals surface area contributed by atoms with E-state index in [1.54, 1.807) is 0 Å². The first-order chi connectivity index (χ1) is 22.8. The zero-order valence-electron chi connectivity index (χ0n) is 26.8. The van der Waals surface area contributed by atoms with Crippen LogP contribution in [0.25, 0.3) is 44.2 Å². The van der Waals surface area contributed by atoms with E-state index < -0.39 is 12.1 Å². The number of aromatic nitrogens is 4. The van der Waals surface area contributed by atoms with Crippen LogP contribution in [0.4, 0.5) is 4.79 Å². The Kier molecular flexibility index (Phi) is 6.47. The topological polar surface area (TPSA) is 128 Å². The lowest BCUT2D eigenvalue weighted by atomic mass is 9.99. The Balaban J connectivity index is 0.944. The first kappa shape index (κ1) is 28.5. The summed E-state index contributed by atoms with van der Waals surface area (Å²) in [6.07, 6.45) is 5.64. The summed E-state index contributed by atoms with van der Waals surface area (Å²) in [5.74, 6) is 3.00. The second-order valence-corrected chi connectivity index (χ2v) is 14.3. The van der Waals surface area contributed by atoms with Gasteiger partial charge < -0.3 is 30.2 Å². The molecular weight excluding hydrogens is 590 g/mol. The summed E-state index contributed by atoms with van der Waals surface area (Å²) in [5.41, 5.74) is 6.37. The summed E-state index contributed by atoms with van der Waals surface area (Å²) in [7, 11) is 1.31. The van der Waals surface area contributed by atoms with E-state index in [9.17, 15) is 9.59 Å². The molecule has 3 aromatic carbocycles. The average Bonchev–Trinajstić information content (AvgIpc) is 3.66. The molecule has 0 spiro atoms. The third-order valence-electron chi connectivity index (χ3n) is 10.9. The normalized spacial score (nSPS) is 26.4. The summed E-state index contributed by atoms with van der Waals surface area (Å²) in [6.45, 7) is 3.87. The van der Waals surface area contributed by atoms with Crippen LogP contribution in [0.15, 0.2) is 60.8 Å². The van der Waals surface area contributed by atoms with Gasteiger partial charge in [0.1, 0.15) is 17.7 Å². The number of amides is 2. The Bertz CT molecular complexity index is 2040. The number of carbonyl (C=O) groups excluding carboxylic acids is 2. The van der Waals surface area contributed by atoms with E-state index in [1.165, 1.54) is 25.5 Å². The number of imidazole rings is 2. The number of alkyl carbamates (subject to hydrolysis) is 1. The standard InChI is InChI=1S/C37H39N7O3/c1-18(2)33(43-37(46)47-3)36(45)44-31-15-25(31)16-32(44)35-38-17-30(42-35)23-7-6-19-10-20(4-5-21(19)11-23)22-8-9-26-28(12-22)41-34(40-26)29-14-24-13-27(24)39-29/h4-12,17-18,24-25,27,29,31-33,39H,13-16H2,1-3H3,(H,38,42)(H,40,41)(H,43,46)/t24?,25-,27-,29+,31?,32+,33+/m1/s1. The van der Waals surface area contributed by atoms with Crippen molar-refractivity contribution in [3.8, 4) is 22.4 Å². The minimum Gasteiger partial charge on any atom is -0.453 e. The molecule has 0 bridgehead atoms. The molecule has 4 aliphatic rings. The molecule has 0 radical (unpaired) electrons. The Morgan fingerprint density at radius 1 is 0.894 bits per heavy atom. The predicted molar refractivity (Wildman–Crippen MR) is 179 cm³/mol. The maximum Gasteiger partial charge on any atom is 0.407 e. The van der Waals surface area contributed by atoms with Gasteiger partial charge in [-0.25, -0.2) is 14.8 Å². The number of methoxy groups -OCH3 is 1. The van der Waals surface area contributed by atoms with Crippen molar-refractivity contribution < 1.29 is 14.3 Å². The van der Waals surface area contributed by atoms with E-state index in [0.29, 0.717) is 18.0 Å². The van der Waals surface area contributed by atoms with Crippen LogP contribution in [0.5, 0.6) is 0 Å². The Labute approximate surface area is 272 Å². The molecular formula is C37H39N7O3. The monoisotopic (exact) mass is 629 g/mol. The molecule has 5 aromatic rings. The van der Waals surface area contributed by atoms with Gasteiger partial charge in [-0.2, -0.15) is 0 Å². The highest BCUT2D eigenvalue weighted by molar-refractivity contribution is 5.92. The molecule has 2 saturated carbocycles. The molecule has 4 heterocycles. The summed E-state index contributed by atoms with van der Waals surface area (Å²) in [6, 6.07) is 20.0. The molecule has 7 atom stereocenters. The third-order valence-corrected chi connectivity index (χ3v) is 10.9. The maximum atomic E-state index is 13.8. The van der Waals surface area contributed by atoms with Gasteiger partial charge in [0.25, 0.3) is 0 Å². The number of aromatic amines is 2. The minimum absolute atomic E-state index is 0.0731. The van der Waals surface area contributed by atoms with Crippen molar-refractivity contribution in [3.63, 3.8) is 0 Å². The van der Waals surface area contributed by atoms with Crippen LogP contribution in [0.3, 0.4) is 0 Å². The van der Waals surface area contributed by atoms with Gasteiger partial charge in [0.15, 0.2) is 0 Å². The summed E-state index contributed by atoms with van der Waals surface area (Å²) in [4.78, 5) is 44.5. The second-order valence-electron chi connectivity index (χ2n) is 14.3. The molecule has 2 amide bonds. The molecule has 240 valence electrons. The van der Waals surface area contributed by atoms with Gasteiger partial charge in [0.2, 0.25) is 5.91 Å². The number of carbonyl (C=O) groups is 2. The van der Waals surface area contributed by atoms with E-state index in [2.05, 4.69) is 75.2 Å². The smallest absolute Gasteiger partial charge is 0.407 e. The molecule has 2 unspecified atom stereocenters. The highest BCUT2D eigenvalue weighted by atomic mass is 16.5. The molecule has 2 saturated heterocycles. The van der Waals surface area contributed by atoms with E-state index in [-0.39, 0.29) is 23.9 Å². The Hall–Kier alpha value is -4.70. The second kappa shape index (κ2) is 10.7. The van der Waals surface area contributed by atoms with Crippen LogP contribution in [0, 0.1) is 17.8 Å². The highest BCUT2D eigenvalue weighted by Gasteiger charge is 2.56. The molecule has 2 aliphatic heterocycles. The van der Waals surface area contributed by atoms with Gasteiger partial charge in [0.05, 0.1) is 42.1 Å². The number of H-pyrrole nitrogens is 2. The van der Waals surface area contributed by atoms with Gasteiger partial charge in [-0.1, -0.05) is 44.2 Å². The lowest BCUT2D eigenvalue weighted by Crippen LogP contribution is -2.52. The van der Waals surface area contributed by atoms with Crippen molar-refractivity contribution in [3.05, 3.63) is 72.4 Å². The number of benzene rings is 3. The molecule has 4 fully saturated rings. The lowest BCUT2D eigenvalue weighted by Gasteiger charge is -2.31. The van der Waals surface area contributed by atoms with Gasteiger partial charge >= 0.3 is 6.09 Å². The average molecular weight is 630 g/mol. The van der Waals surface area contributed by atoms with Crippen LogP contribution in [0.1, 0.15) is 63.3 Å². The van der Waals surface area contributed by atoms with Gasteiger partial charge in [0, 0.05) is 17.6 Å². The SMILES string of the molecule is COC(=O)N[C@H](C(=O)N1C2C[C@@H]2C[C@H]1c1ncc(-c2ccc3cc(-c4ccc5nc([C@@H]6CC7C[C@H]7N6)[nH]c5c4)ccc3c2)[nH]1)C(C)C. The van der Waals surface area contributed by atoms with Crippen LogP contribution < -0.4 is 10.6 Å². The summed E-state index contributed by atoms with van der Waals surface area (Å²) >= 11 is 0. The molecule has 9 rings (SSSR count). The first-order valence-corrected chi connectivity index (χ1v) is 16.8. The molecule has 10 nitrogen and oxygen atoms in total. The molecule has 2 aliphatic carbocycles. The number of nitrogens with zero attached hydrogens (tertiary/aromatic N) is 3. The number of hydrogen-bond donors (Lipinski definition) is 4. The van der Waals surface area contributed by atoms with Crippen molar-refractivity contribution in [1.82, 2.24) is 35.5 Å². The Morgan fingerprint density at radius 3 is 2.43 bits per heavy atom. The van der Waals surface area contributed by atoms with E-state index >= 15 is 0 Å². The summed E-state index contributed by atoms with van der Waals surface area (Å²) in [5, 5.41) is 8.75. The molecule has 2 aromatic heterocycles. The predicted octanol–water partition coefficient (Wildman–Crippen LogP) is 6.24. The van der Waals surface area contributed by atoms with Crippen LogP contribution in [-0.4, -0.2) is 62.1 Å². The number of likely N-dealkylation sites (tertiary alicyclic amines) is 1. The fourth-order valence-electron chi connectivity index (χ4n) is 8.03. The van der Waals surface area contributed by atoms with E-state index in [4.69, 9.17) is 14.7 Å². The molecule has 47 heavy (non-hydrogen) atoms. The zero-order chi connectivity index (χ0) is 32.0. The summed E-state index contributed by atoms with van der Waals surface area (Å²) < 4.78 is 4.80. The largest absolute Gasteiger partial charge is 0.453 e. The van der Waals surface area contributed by atoms with Gasteiger partial charge in [-0.05, 0) is 89.6 Å². The van der Waals surface area contributed by atoms with Gasteiger partial charge in [-0.15, -0.1) is 0 Å². The van der Waals surface area contributed by atoms with Crippen molar-refractivity contribution in [1.29, 1.82) is 0 Å². The van der Waals surface area contributed by atoms with Crippen molar-refractivity contribution in [2.45, 2.75) is 69.7 Å². The van der Waals surface area contributed by atoms with E-state index in [0.717, 1.165) is 69.0 Å². The maximum absolute atomic E-state index is 13.8. The number of piperidine rings is 2. The van der Waals surface area contributed by atoms with Crippen LogP contribution >= 0.6 is 0 Å². The lowest BCUT2D eigenvalue weighted by molar-refractivity contribution is -0.136. The van der Waals surface area contributed by atoms with Crippen molar-refractivity contribution >= 4 is 33.8 Å². The first-order valence-electron chi connectivity index (χ1n) is 16.8.